The van der Waals surface area contributed by atoms with E-state index in [1.807, 2.05) is 0 Å². The predicted octanol–water partition coefficient (Wildman–Crippen LogP) is 2.56. The van der Waals surface area contributed by atoms with E-state index >= 15 is 0 Å². The number of benzene rings is 2. The zero-order chi connectivity index (χ0) is 20.7. The van der Waals surface area contributed by atoms with Crippen LogP contribution in [-0.4, -0.2) is 42.0 Å². The van der Waals surface area contributed by atoms with Gasteiger partial charge in [-0.25, -0.2) is 4.79 Å². The number of nitro benzene ring substituents is 2. The van der Waals surface area contributed by atoms with Crippen molar-refractivity contribution < 1.29 is 28.9 Å². The van der Waals surface area contributed by atoms with Crippen LogP contribution in [0.5, 0.6) is 0 Å². The molecule has 28 heavy (non-hydrogen) atoms. The Kier molecular flexibility index (Phi) is 6.71. The molecule has 0 saturated carbocycles. The fourth-order valence-corrected chi connectivity index (χ4v) is 2.13. The van der Waals surface area contributed by atoms with Crippen molar-refractivity contribution in [2.45, 2.75) is 0 Å². The van der Waals surface area contributed by atoms with Crippen molar-refractivity contribution in [3.8, 4) is 0 Å². The molecule has 0 atom stereocenters. The minimum absolute atomic E-state index is 0.0966. The van der Waals surface area contributed by atoms with Crippen LogP contribution >= 0.6 is 0 Å². The number of hydrogen-bond acceptors (Lipinski definition) is 8. The number of carbonyl (C=O) groups is 2. The molecular weight excluding hydrogens is 374 g/mol. The molecule has 11 heteroatoms. The molecule has 2 rings (SSSR count). The van der Waals surface area contributed by atoms with E-state index in [1.165, 1.54) is 31.4 Å². The van der Waals surface area contributed by atoms with Crippen molar-refractivity contribution >= 4 is 28.9 Å². The van der Waals surface area contributed by atoms with Gasteiger partial charge in [-0.1, -0.05) is 0 Å². The number of non-ortho nitro benzene ring substituents is 2. The van der Waals surface area contributed by atoms with Gasteiger partial charge in [0.2, 0.25) is 0 Å². The third kappa shape index (κ3) is 5.32. The van der Waals surface area contributed by atoms with Gasteiger partial charge in [-0.3, -0.25) is 25.0 Å². The third-order valence-electron chi connectivity index (χ3n) is 3.49. The molecule has 1 N–H and O–H groups in total. The molecule has 0 fully saturated rings. The Morgan fingerprint density at radius 2 is 1.50 bits per heavy atom. The molecule has 0 bridgehead atoms. The van der Waals surface area contributed by atoms with Gasteiger partial charge in [-0.15, -0.1) is 0 Å². The van der Waals surface area contributed by atoms with Crippen LogP contribution in [0, 0.1) is 20.2 Å². The van der Waals surface area contributed by atoms with E-state index in [0.717, 1.165) is 18.2 Å². The highest BCUT2D eigenvalue weighted by molar-refractivity contribution is 6.05. The van der Waals surface area contributed by atoms with Crippen LogP contribution in [0.4, 0.5) is 17.1 Å². The quantitative estimate of drug-likeness (QED) is 0.313. The van der Waals surface area contributed by atoms with Gasteiger partial charge in [0.1, 0.15) is 6.61 Å². The van der Waals surface area contributed by atoms with E-state index in [-0.39, 0.29) is 30.0 Å². The van der Waals surface area contributed by atoms with Crippen LogP contribution in [0.15, 0.2) is 42.5 Å². The summed E-state index contributed by atoms with van der Waals surface area (Å²) >= 11 is 0. The second-order valence-corrected chi connectivity index (χ2v) is 5.41. The van der Waals surface area contributed by atoms with Crippen LogP contribution in [0.3, 0.4) is 0 Å². The molecule has 11 nitrogen and oxygen atoms in total. The number of methoxy groups -OCH3 is 1. The molecule has 0 heterocycles. The summed E-state index contributed by atoms with van der Waals surface area (Å²) in [4.78, 5) is 44.2. The van der Waals surface area contributed by atoms with Gasteiger partial charge in [0, 0.05) is 24.9 Å². The molecule has 0 aliphatic carbocycles. The van der Waals surface area contributed by atoms with E-state index in [2.05, 4.69) is 5.32 Å². The monoisotopic (exact) mass is 389 g/mol. The molecule has 0 spiro atoms. The van der Waals surface area contributed by atoms with Gasteiger partial charge in [-0.05, 0) is 24.3 Å². The summed E-state index contributed by atoms with van der Waals surface area (Å²) in [6, 6.07) is 8.32. The van der Waals surface area contributed by atoms with E-state index in [1.54, 1.807) is 0 Å². The fourth-order valence-electron chi connectivity index (χ4n) is 2.13. The lowest BCUT2D eigenvalue weighted by Crippen LogP contribution is -2.13. The Morgan fingerprint density at radius 3 is 2.00 bits per heavy atom. The maximum atomic E-state index is 12.3. The lowest BCUT2D eigenvalue weighted by molar-refractivity contribution is -0.394. The Morgan fingerprint density at radius 1 is 0.929 bits per heavy atom. The minimum atomic E-state index is -0.826. The Labute approximate surface area is 158 Å². The zero-order valence-electron chi connectivity index (χ0n) is 14.6. The zero-order valence-corrected chi connectivity index (χ0v) is 14.6. The van der Waals surface area contributed by atoms with Gasteiger partial charge in [0.25, 0.3) is 17.3 Å². The van der Waals surface area contributed by atoms with Crippen LogP contribution in [0.2, 0.25) is 0 Å². The van der Waals surface area contributed by atoms with Crippen molar-refractivity contribution in [3.63, 3.8) is 0 Å². The van der Waals surface area contributed by atoms with E-state index in [4.69, 9.17) is 9.47 Å². The highest BCUT2D eigenvalue weighted by Gasteiger charge is 2.20. The number of esters is 1. The van der Waals surface area contributed by atoms with Crippen molar-refractivity contribution in [3.05, 3.63) is 73.8 Å². The molecule has 0 aliphatic rings. The van der Waals surface area contributed by atoms with Gasteiger partial charge in [0.15, 0.2) is 0 Å². The SMILES string of the molecule is COCCOC(=O)c1ccc(NC(=O)c2cc([N+](=O)[O-])cc([N+](=O)[O-])c2)cc1. The van der Waals surface area contributed by atoms with Crippen LogP contribution < -0.4 is 5.32 Å². The smallest absolute Gasteiger partial charge is 0.338 e. The summed E-state index contributed by atoms with van der Waals surface area (Å²) in [5, 5.41) is 24.3. The first kappa shape index (κ1) is 20.5. The molecule has 1 amide bonds. The molecule has 0 radical (unpaired) electrons. The molecule has 146 valence electrons. The second kappa shape index (κ2) is 9.19. The number of carbonyl (C=O) groups excluding carboxylic acids is 2. The molecule has 0 aromatic heterocycles. The second-order valence-electron chi connectivity index (χ2n) is 5.41. The largest absolute Gasteiger partial charge is 0.460 e. The first-order valence-corrected chi connectivity index (χ1v) is 7.83. The first-order chi connectivity index (χ1) is 13.3. The van der Waals surface area contributed by atoms with E-state index in [0.29, 0.717) is 0 Å². The van der Waals surface area contributed by atoms with Crippen LogP contribution in [-0.2, 0) is 9.47 Å². The predicted molar refractivity (Wildman–Crippen MR) is 96.3 cm³/mol. The Balaban J connectivity index is 2.13. The number of hydrogen-bond donors (Lipinski definition) is 1. The summed E-state index contributed by atoms with van der Waals surface area (Å²) < 4.78 is 9.72. The van der Waals surface area contributed by atoms with Crippen LogP contribution in [0.25, 0.3) is 0 Å². The topological polar surface area (TPSA) is 151 Å². The average Bonchev–Trinajstić information content (AvgIpc) is 2.68. The van der Waals surface area contributed by atoms with Gasteiger partial charge >= 0.3 is 5.97 Å². The molecule has 0 aliphatic heterocycles. The normalized spacial score (nSPS) is 10.2. The Bertz CT molecular complexity index is 879. The number of nitrogens with zero attached hydrogens (tertiary/aromatic N) is 2. The third-order valence-corrected chi connectivity index (χ3v) is 3.49. The average molecular weight is 389 g/mol. The van der Waals surface area contributed by atoms with E-state index in [9.17, 15) is 29.8 Å². The summed E-state index contributed by atoms with van der Waals surface area (Å²) in [7, 11) is 1.47. The highest BCUT2D eigenvalue weighted by Crippen LogP contribution is 2.23. The molecule has 2 aromatic carbocycles. The van der Waals surface area contributed by atoms with E-state index < -0.39 is 33.1 Å². The van der Waals surface area contributed by atoms with Gasteiger partial charge in [-0.2, -0.15) is 0 Å². The lowest BCUT2D eigenvalue weighted by atomic mass is 10.1. The highest BCUT2D eigenvalue weighted by atomic mass is 16.6. The molecular formula is C17H15N3O8. The minimum Gasteiger partial charge on any atom is -0.460 e. The number of nitrogens with one attached hydrogen (secondary N) is 1. The van der Waals surface area contributed by atoms with Crippen LogP contribution in [0.1, 0.15) is 20.7 Å². The number of ether oxygens (including phenoxy) is 2. The molecule has 0 unspecified atom stereocenters. The summed E-state index contributed by atoms with van der Waals surface area (Å²) in [5.74, 6) is -1.34. The standard InChI is InChI=1S/C17H15N3O8/c1-27-6-7-28-17(22)11-2-4-13(5-3-11)18-16(21)12-8-14(19(23)24)10-15(9-12)20(25)26/h2-5,8-10H,6-7H2,1H3,(H,18,21). The number of amides is 1. The maximum Gasteiger partial charge on any atom is 0.338 e. The number of anilines is 1. The summed E-state index contributed by atoms with van der Waals surface area (Å²) in [6.07, 6.45) is 0. The van der Waals surface area contributed by atoms with Crippen molar-refractivity contribution in [1.82, 2.24) is 0 Å². The lowest BCUT2D eigenvalue weighted by Gasteiger charge is -2.07. The number of nitro groups is 2. The van der Waals surface area contributed by atoms with Gasteiger partial charge < -0.3 is 14.8 Å². The maximum absolute atomic E-state index is 12.3. The fraction of sp³-hybridized carbons (Fsp3) is 0.176. The van der Waals surface area contributed by atoms with Crippen molar-refractivity contribution in [2.75, 3.05) is 25.6 Å². The number of rotatable bonds is 8. The van der Waals surface area contributed by atoms with Gasteiger partial charge in [0.05, 0.1) is 33.6 Å². The molecule has 0 saturated heterocycles. The first-order valence-electron chi connectivity index (χ1n) is 7.83. The van der Waals surface area contributed by atoms with Crippen molar-refractivity contribution in [2.24, 2.45) is 0 Å². The molecule has 2 aromatic rings. The van der Waals surface area contributed by atoms with Crippen molar-refractivity contribution in [1.29, 1.82) is 0 Å². The Hall–Kier alpha value is -3.86. The summed E-state index contributed by atoms with van der Waals surface area (Å²) in [5.41, 5.74) is -0.862. The summed E-state index contributed by atoms with van der Waals surface area (Å²) in [6.45, 7) is 0.356.